The van der Waals surface area contributed by atoms with Gasteiger partial charge in [-0.15, -0.1) is 35.9 Å². The molecule has 2 N–H and O–H groups in total. The summed E-state index contributed by atoms with van der Waals surface area (Å²) in [5.41, 5.74) is 3.40. The van der Waals surface area contributed by atoms with Crippen molar-refractivity contribution in [2.24, 2.45) is 22.7 Å². The zero-order valence-electron chi connectivity index (χ0n) is 21.2. The van der Waals surface area contributed by atoms with Crippen LogP contribution in [0.25, 0.3) is 22.0 Å². The molecule has 1 aromatic heterocycles. The second kappa shape index (κ2) is 10.2. The molecule has 0 saturated heterocycles. The predicted molar refractivity (Wildman–Crippen MR) is 136 cm³/mol. The standard InChI is InChI=1S/C18H16N.C12H22O2.Ir/c1-13(2)16-9-8-14-10-11-19-18(17(14)12-16)15-6-4-3-5-7-15;1-11(2)5-7-6-12(3,4)10(14)8(7)9(11)13;/h3-6,8-13H,1-2H3;7-10,13-14H,5-6H2,1-4H3;/q-1;;. The van der Waals surface area contributed by atoms with Crippen LogP contribution in [-0.4, -0.2) is 27.4 Å². The Morgan fingerprint density at radius 2 is 1.59 bits per heavy atom. The summed E-state index contributed by atoms with van der Waals surface area (Å²) in [6.45, 7) is 12.9. The number of benzene rings is 2. The van der Waals surface area contributed by atoms with E-state index in [1.165, 1.54) is 16.3 Å². The maximum Gasteiger partial charge on any atom is 0.0646 e. The molecular weight excluding hydrogens is 599 g/mol. The Hall–Kier alpha value is -1.58. The maximum absolute atomic E-state index is 10.2. The van der Waals surface area contributed by atoms with E-state index in [1.807, 2.05) is 24.4 Å². The Balaban J connectivity index is 0.000000193. The Bertz CT molecular complexity index is 1090. The molecule has 2 aromatic carbocycles. The minimum Gasteiger partial charge on any atom is -0.392 e. The number of nitrogens with zero attached hydrogens (tertiary/aromatic N) is 1. The minimum atomic E-state index is -0.329. The summed E-state index contributed by atoms with van der Waals surface area (Å²) in [7, 11) is 0. The van der Waals surface area contributed by atoms with Gasteiger partial charge in [0.15, 0.2) is 0 Å². The number of pyridine rings is 1. The fraction of sp³-hybridized carbons (Fsp3) is 0.500. The van der Waals surface area contributed by atoms with Crippen LogP contribution in [-0.2, 0) is 20.1 Å². The van der Waals surface area contributed by atoms with Gasteiger partial charge in [-0.3, -0.25) is 0 Å². The number of hydrogen-bond donors (Lipinski definition) is 2. The van der Waals surface area contributed by atoms with E-state index in [-0.39, 0.29) is 49.1 Å². The molecule has 0 spiro atoms. The molecule has 3 nitrogen and oxygen atoms in total. The summed E-state index contributed by atoms with van der Waals surface area (Å²) >= 11 is 0. The molecule has 1 heterocycles. The van der Waals surface area contributed by atoms with Gasteiger partial charge in [0.25, 0.3) is 0 Å². The zero-order chi connectivity index (χ0) is 24.0. The summed E-state index contributed by atoms with van der Waals surface area (Å²) in [5.74, 6) is 1.15. The summed E-state index contributed by atoms with van der Waals surface area (Å²) < 4.78 is 0. The molecule has 2 aliphatic rings. The second-order valence-electron chi connectivity index (χ2n) is 11.7. The van der Waals surface area contributed by atoms with E-state index >= 15 is 0 Å². The molecule has 5 rings (SSSR count). The van der Waals surface area contributed by atoms with E-state index in [4.69, 9.17) is 0 Å². The van der Waals surface area contributed by atoms with Gasteiger partial charge in [0.05, 0.1) is 12.2 Å². The van der Waals surface area contributed by atoms with E-state index in [0.717, 1.165) is 24.1 Å². The number of aliphatic hydroxyl groups is 2. The zero-order valence-corrected chi connectivity index (χ0v) is 23.6. The molecule has 185 valence electrons. The van der Waals surface area contributed by atoms with E-state index < -0.39 is 0 Å². The number of rotatable bonds is 2. The monoisotopic (exact) mass is 637 g/mol. The quantitative estimate of drug-likeness (QED) is 0.311. The predicted octanol–water partition coefficient (Wildman–Crippen LogP) is 6.62. The molecule has 0 bridgehead atoms. The van der Waals surface area contributed by atoms with Gasteiger partial charge in [0.1, 0.15) is 0 Å². The van der Waals surface area contributed by atoms with Gasteiger partial charge < -0.3 is 15.2 Å². The maximum atomic E-state index is 10.2. The van der Waals surface area contributed by atoms with Gasteiger partial charge in [0.2, 0.25) is 0 Å². The topological polar surface area (TPSA) is 53.4 Å². The first kappa shape index (κ1) is 27.0. The van der Waals surface area contributed by atoms with Crippen LogP contribution in [0.2, 0.25) is 0 Å². The van der Waals surface area contributed by atoms with Gasteiger partial charge in [0, 0.05) is 32.2 Å². The van der Waals surface area contributed by atoms with Crippen molar-refractivity contribution in [3.63, 3.8) is 0 Å². The molecule has 3 aromatic rings. The second-order valence-corrected chi connectivity index (χ2v) is 11.7. The first-order valence-electron chi connectivity index (χ1n) is 12.2. The van der Waals surface area contributed by atoms with Crippen LogP contribution >= 0.6 is 0 Å². The molecule has 2 fully saturated rings. The Kier molecular flexibility index (Phi) is 8.09. The molecule has 4 heteroatoms. The fourth-order valence-corrected chi connectivity index (χ4v) is 5.97. The van der Waals surface area contributed by atoms with E-state index in [1.54, 1.807) is 0 Å². The molecule has 2 aliphatic carbocycles. The average Bonchev–Trinajstić information content (AvgIpc) is 3.13. The summed E-state index contributed by atoms with van der Waals surface area (Å²) in [5, 5.41) is 22.8. The smallest absolute Gasteiger partial charge is 0.0646 e. The molecule has 2 saturated carbocycles. The van der Waals surface area contributed by atoms with E-state index in [0.29, 0.717) is 11.8 Å². The largest absolute Gasteiger partial charge is 0.392 e. The van der Waals surface area contributed by atoms with Crippen LogP contribution in [0.15, 0.2) is 54.7 Å². The van der Waals surface area contributed by atoms with Crippen LogP contribution in [0.3, 0.4) is 0 Å². The average molecular weight is 637 g/mol. The van der Waals surface area contributed by atoms with Gasteiger partial charge in [-0.05, 0) is 63.6 Å². The SMILES string of the molecule is CC(C)c1ccc2ccnc(-c3[c-]cccc3)c2c1.CC1(C)CC2CC(C)(C)C(O)C2C1O.[Ir]. The first-order valence-corrected chi connectivity index (χ1v) is 12.2. The Morgan fingerprint density at radius 1 is 0.941 bits per heavy atom. The van der Waals surface area contributed by atoms with Crippen LogP contribution in [0, 0.1) is 28.7 Å². The third kappa shape index (κ3) is 5.16. The molecule has 2 atom stereocenters. The molecule has 0 aliphatic heterocycles. The fourth-order valence-electron chi connectivity index (χ4n) is 5.97. The van der Waals surface area contributed by atoms with Gasteiger partial charge in [-0.1, -0.05) is 59.7 Å². The molecular formula is C30H38IrNO2-. The summed E-state index contributed by atoms with van der Waals surface area (Å²) in [4.78, 5) is 4.55. The number of fused-ring (bicyclic) bond motifs is 2. The normalized spacial score (nSPS) is 26.5. The molecule has 34 heavy (non-hydrogen) atoms. The van der Waals surface area contributed by atoms with Crippen LogP contribution < -0.4 is 0 Å². The molecule has 2 unspecified atom stereocenters. The number of hydrogen-bond acceptors (Lipinski definition) is 3. The third-order valence-corrected chi connectivity index (χ3v) is 7.87. The minimum absolute atomic E-state index is 0. The van der Waals surface area contributed by atoms with Crippen molar-refractivity contribution < 1.29 is 30.3 Å². The van der Waals surface area contributed by atoms with Gasteiger partial charge in [-0.2, -0.15) is 0 Å². The van der Waals surface area contributed by atoms with Crippen LogP contribution in [0.5, 0.6) is 0 Å². The third-order valence-electron chi connectivity index (χ3n) is 7.87. The first-order chi connectivity index (χ1) is 15.5. The van der Waals surface area contributed by atoms with Gasteiger partial charge >= 0.3 is 0 Å². The Morgan fingerprint density at radius 3 is 2.12 bits per heavy atom. The summed E-state index contributed by atoms with van der Waals surface area (Å²) in [6.07, 6.45) is 3.32. The van der Waals surface area contributed by atoms with Crippen molar-refractivity contribution in [2.45, 2.75) is 72.5 Å². The van der Waals surface area contributed by atoms with Crippen LogP contribution in [0.4, 0.5) is 0 Å². The molecule has 0 amide bonds. The van der Waals surface area contributed by atoms with Gasteiger partial charge in [-0.25, -0.2) is 0 Å². The van der Waals surface area contributed by atoms with E-state index in [2.05, 4.69) is 82.9 Å². The molecule has 1 radical (unpaired) electrons. The van der Waals surface area contributed by atoms with Crippen molar-refractivity contribution in [2.75, 3.05) is 0 Å². The number of aliphatic hydroxyl groups excluding tert-OH is 2. The Labute approximate surface area is 218 Å². The van der Waals surface area contributed by atoms with Crippen molar-refractivity contribution >= 4 is 10.8 Å². The van der Waals surface area contributed by atoms with E-state index in [9.17, 15) is 10.2 Å². The number of aromatic nitrogens is 1. The van der Waals surface area contributed by atoms with Crippen molar-refractivity contribution in [3.05, 3.63) is 66.4 Å². The van der Waals surface area contributed by atoms with Crippen molar-refractivity contribution in [1.82, 2.24) is 4.98 Å². The van der Waals surface area contributed by atoms with Crippen molar-refractivity contribution in [1.29, 1.82) is 0 Å². The summed E-state index contributed by atoms with van der Waals surface area (Å²) in [6, 6.07) is 20.0. The van der Waals surface area contributed by atoms with Crippen molar-refractivity contribution in [3.8, 4) is 11.3 Å². The van der Waals surface area contributed by atoms with Crippen LogP contribution in [0.1, 0.15) is 65.9 Å².